The summed E-state index contributed by atoms with van der Waals surface area (Å²) >= 11 is 3.50. The standard InChI is InChI=1S/C18H21BrO/c19-12-4-10-16-8-1-2-11-18(16)17-9-3-6-15(14-17)7-5-13-20/h1-3,6,8-9,11,14,20H,4-5,7,10,12-13H2. The smallest absolute Gasteiger partial charge is 0.0434 e. The zero-order valence-corrected chi connectivity index (χ0v) is 13.3. The fraction of sp³-hybridized carbons (Fsp3) is 0.333. The maximum atomic E-state index is 8.95. The average Bonchev–Trinajstić information content (AvgIpc) is 2.51. The summed E-state index contributed by atoms with van der Waals surface area (Å²) in [6, 6.07) is 17.3. The third kappa shape index (κ3) is 4.19. The topological polar surface area (TPSA) is 20.2 Å². The van der Waals surface area contributed by atoms with Crippen LogP contribution in [0.4, 0.5) is 0 Å². The van der Waals surface area contributed by atoms with Crippen molar-refractivity contribution >= 4 is 15.9 Å². The van der Waals surface area contributed by atoms with Gasteiger partial charge in [0, 0.05) is 11.9 Å². The molecular formula is C18H21BrO. The third-order valence-corrected chi connectivity index (χ3v) is 4.02. The Hall–Kier alpha value is -1.12. The summed E-state index contributed by atoms with van der Waals surface area (Å²) in [5.74, 6) is 0. The molecule has 0 unspecified atom stereocenters. The van der Waals surface area contributed by atoms with Gasteiger partial charge in [-0.3, -0.25) is 0 Å². The van der Waals surface area contributed by atoms with Crippen LogP contribution in [0.1, 0.15) is 24.0 Å². The van der Waals surface area contributed by atoms with Gasteiger partial charge in [0.2, 0.25) is 0 Å². The van der Waals surface area contributed by atoms with Gasteiger partial charge in [0.15, 0.2) is 0 Å². The van der Waals surface area contributed by atoms with E-state index in [1.807, 2.05) is 0 Å². The van der Waals surface area contributed by atoms with Gasteiger partial charge in [-0.1, -0.05) is 64.5 Å². The molecule has 2 heteroatoms. The molecular weight excluding hydrogens is 312 g/mol. The first-order valence-electron chi connectivity index (χ1n) is 7.19. The van der Waals surface area contributed by atoms with Crippen LogP contribution in [-0.4, -0.2) is 17.0 Å². The van der Waals surface area contributed by atoms with Crippen LogP contribution in [0.2, 0.25) is 0 Å². The number of hydrogen-bond acceptors (Lipinski definition) is 1. The van der Waals surface area contributed by atoms with Crippen molar-refractivity contribution in [1.82, 2.24) is 0 Å². The number of aliphatic hydroxyl groups is 1. The van der Waals surface area contributed by atoms with E-state index in [4.69, 9.17) is 5.11 Å². The molecule has 2 aromatic carbocycles. The Labute approximate surface area is 129 Å². The van der Waals surface area contributed by atoms with Crippen LogP contribution in [0, 0.1) is 0 Å². The van der Waals surface area contributed by atoms with E-state index in [9.17, 15) is 0 Å². The Morgan fingerprint density at radius 1 is 0.900 bits per heavy atom. The normalized spacial score (nSPS) is 10.7. The number of halogens is 1. The molecule has 0 bridgehead atoms. The van der Waals surface area contributed by atoms with Gasteiger partial charge in [0.25, 0.3) is 0 Å². The van der Waals surface area contributed by atoms with Crippen molar-refractivity contribution in [2.24, 2.45) is 0 Å². The minimum atomic E-state index is 0.256. The molecule has 0 aliphatic heterocycles. The molecule has 0 atom stereocenters. The highest BCUT2D eigenvalue weighted by Gasteiger charge is 2.05. The zero-order valence-electron chi connectivity index (χ0n) is 11.7. The van der Waals surface area contributed by atoms with Crippen molar-refractivity contribution in [1.29, 1.82) is 0 Å². The van der Waals surface area contributed by atoms with Crippen molar-refractivity contribution in [3.8, 4) is 11.1 Å². The molecule has 2 aromatic rings. The highest BCUT2D eigenvalue weighted by Crippen LogP contribution is 2.26. The SMILES string of the molecule is OCCCc1cccc(-c2ccccc2CCCBr)c1. The van der Waals surface area contributed by atoms with E-state index in [2.05, 4.69) is 64.5 Å². The van der Waals surface area contributed by atoms with E-state index in [1.165, 1.54) is 22.3 Å². The fourth-order valence-electron chi connectivity index (χ4n) is 2.45. The second kappa shape index (κ2) is 8.23. The summed E-state index contributed by atoms with van der Waals surface area (Å²) in [4.78, 5) is 0. The third-order valence-electron chi connectivity index (χ3n) is 3.46. The maximum Gasteiger partial charge on any atom is 0.0434 e. The number of benzene rings is 2. The Morgan fingerprint density at radius 3 is 2.55 bits per heavy atom. The second-order valence-corrected chi connectivity index (χ2v) is 5.77. The summed E-state index contributed by atoms with van der Waals surface area (Å²) < 4.78 is 0. The van der Waals surface area contributed by atoms with Crippen LogP contribution in [0.25, 0.3) is 11.1 Å². The monoisotopic (exact) mass is 332 g/mol. The van der Waals surface area contributed by atoms with Crippen molar-refractivity contribution in [3.05, 3.63) is 59.7 Å². The molecule has 0 spiro atoms. The molecule has 0 aliphatic carbocycles. The lowest BCUT2D eigenvalue weighted by atomic mass is 9.95. The van der Waals surface area contributed by atoms with Gasteiger partial charge in [0.05, 0.1) is 0 Å². The Morgan fingerprint density at radius 2 is 1.75 bits per heavy atom. The van der Waals surface area contributed by atoms with E-state index in [1.54, 1.807) is 0 Å². The van der Waals surface area contributed by atoms with Gasteiger partial charge in [-0.15, -0.1) is 0 Å². The quantitative estimate of drug-likeness (QED) is 0.734. The minimum absolute atomic E-state index is 0.256. The first-order valence-corrected chi connectivity index (χ1v) is 8.31. The Balaban J connectivity index is 2.26. The van der Waals surface area contributed by atoms with Gasteiger partial charge >= 0.3 is 0 Å². The van der Waals surface area contributed by atoms with Crippen LogP contribution >= 0.6 is 15.9 Å². The van der Waals surface area contributed by atoms with Crippen molar-refractivity contribution < 1.29 is 5.11 Å². The first-order chi connectivity index (χ1) is 9.85. The van der Waals surface area contributed by atoms with Crippen LogP contribution in [-0.2, 0) is 12.8 Å². The lowest BCUT2D eigenvalue weighted by Gasteiger charge is -2.10. The van der Waals surface area contributed by atoms with Crippen LogP contribution < -0.4 is 0 Å². The number of rotatable bonds is 7. The Kier molecular flexibility index (Phi) is 6.28. The highest BCUT2D eigenvalue weighted by atomic mass is 79.9. The Bertz CT molecular complexity index is 536. The van der Waals surface area contributed by atoms with Crippen molar-refractivity contribution in [3.63, 3.8) is 0 Å². The fourth-order valence-corrected chi connectivity index (χ4v) is 2.74. The van der Waals surface area contributed by atoms with Crippen LogP contribution in [0.15, 0.2) is 48.5 Å². The summed E-state index contributed by atoms with van der Waals surface area (Å²) in [7, 11) is 0. The van der Waals surface area contributed by atoms with E-state index in [0.29, 0.717) is 0 Å². The predicted octanol–water partition coefficient (Wildman–Crippen LogP) is 4.61. The number of aryl methyl sites for hydroxylation is 2. The lowest BCUT2D eigenvalue weighted by molar-refractivity contribution is 0.288. The molecule has 0 aromatic heterocycles. The van der Waals surface area contributed by atoms with Gasteiger partial charge in [-0.25, -0.2) is 0 Å². The molecule has 0 heterocycles. The molecule has 1 nitrogen and oxygen atoms in total. The molecule has 0 aliphatic rings. The average molecular weight is 333 g/mol. The van der Waals surface area contributed by atoms with E-state index >= 15 is 0 Å². The number of aliphatic hydroxyl groups excluding tert-OH is 1. The molecule has 0 fully saturated rings. The van der Waals surface area contributed by atoms with Crippen LogP contribution in [0.5, 0.6) is 0 Å². The van der Waals surface area contributed by atoms with Gasteiger partial charge in [-0.05, 0) is 47.9 Å². The maximum absolute atomic E-state index is 8.95. The van der Waals surface area contributed by atoms with E-state index in [-0.39, 0.29) is 6.61 Å². The molecule has 2 rings (SSSR count). The summed E-state index contributed by atoms with van der Waals surface area (Å²) in [5.41, 5.74) is 5.32. The summed E-state index contributed by atoms with van der Waals surface area (Å²) in [6.07, 6.45) is 4.02. The number of hydrogen-bond donors (Lipinski definition) is 1. The minimum Gasteiger partial charge on any atom is -0.396 e. The van der Waals surface area contributed by atoms with Crippen LogP contribution in [0.3, 0.4) is 0 Å². The molecule has 0 saturated carbocycles. The van der Waals surface area contributed by atoms with E-state index < -0.39 is 0 Å². The number of alkyl halides is 1. The zero-order chi connectivity index (χ0) is 14.2. The van der Waals surface area contributed by atoms with Crippen molar-refractivity contribution in [2.45, 2.75) is 25.7 Å². The summed E-state index contributed by atoms with van der Waals surface area (Å²) in [5, 5.41) is 9.99. The molecule has 0 radical (unpaired) electrons. The molecule has 20 heavy (non-hydrogen) atoms. The molecule has 0 saturated heterocycles. The molecule has 0 amide bonds. The second-order valence-electron chi connectivity index (χ2n) is 4.98. The van der Waals surface area contributed by atoms with Gasteiger partial charge in [0.1, 0.15) is 0 Å². The van der Waals surface area contributed by atoms with E-state index in [0.717, 1.165) is 31.0 Å². The van der Waals surface area contributed by atoms with Gasteiger partial charge < -0.3 is 5.11 Å². The predicted molar refractivity (Wildman–Crippen MR) is 89.4 cm³/mol. The van der Waals surface area contributed by atoms with Crippen molar-refractivity contribution in [2.75, 3.05) is 11.9 Å². The highest BCUT2D eigenvalue weighted by molar-refractivity contribution is 9.09. The largest absolute Gasteiger partial charge is 0.396 e. The first kappa shape index (κ1) is 15.3. The summed E-state index contributed by atoms with van der Waals surface area (Å²) in [6.45, 7) is 0.256. The molecule has 1 N–H and O–H groups in total. The van der Waals surface area contributed by atoms with Gasteiger partial charge in [-0.2, -0.15) is 0 Å². The molecule has 106 valence electrons. The lowest BCUT2D eigenvalue weighted by Crippen LogP contribution is -1.93.